The predicted octanol–water partition coefficient (Wildman–Crippen LogP) is 1.41. The normalized spacial score (nSPS) is 15.1. The third-order valence-corrected chi connectivity index (χ3v) is 5.64. The topological polar surface area (TPSA) is 105 Å². The molecule has 1 fully saturated rings. The van der Waals surface area contributed by atoms with Crippen molar-refractivity contribution in [3.8, 4) is 5.75 Å². The fourth-order valence-electron chi connectivity index (χ4n) is 2.80. The summed E-state index contributed by atoms with van der Waals surface area (Å²) in [4.78, 5) is 25.2. The van der Waals surface area contributed by atoms with Crippen molar-refractivity contribution in [2.75, 3.05) is 19.7 Å². The third kappa shape index (κ3) is 6.81. The van der Waals surface area contributed by atoms with Crippen LogP contribution >= 0.6 is 11.6 Å². The molecule has 8 nitrogen and oxygen atoms in total. The lowest BCUT2D eigenvalue weighted by molar-refractivity contribution is -0.134. The number of nitrogens with zero attached hydrogens (tertiary/aromatic N) is 1. The van der Waals surface area contributed by atoms with Gasteiger partial charge in [-0.05, 0) is 31.0 Å². The number of sulfonamides is 1. The largest absolute Gasteiger partial charge is 0.483 e. The Morgan fingerprint density at radius 1 is 1.36 bits per heavy atom. The zero-order chi connectivity index (χ0) is 20.7. The van der Waals surface area contributed by atoms with Crippen molar-refractivity contribution >= 4 is 33.4 Å². The van der Waals surface area contributed by atoms with Crippen LogP contribution in [0.1, 0.15) is 25.3 Å². The van der Waals surface area contributed by atoms with Crippen molar-refractivity contribution in [2.45, 2.75) is 32.4 Å². The summed E-state index contributed by atoms with van der Waals surface area (Å²) in [6.07, 6.45) is 1.04. The van der Waals surface area contributed by atoms with Crippen LogP contribution in [0.3, 0.4) is 0 Å². The number of hydrogen-bond acceptors (Lipinski definition) is 5. The lowest BCUT2D eigenvalue weighted by Gasteiger charge is -2.32. The molecule has 154 valence electrons. The zero-order valence-electron chi connectivity index (χ0n) is 15.6. The Balaban J connectivity index is 1.88. The molecule has 2 rings (SSSR count). The van der Waals surface area contributed by atoms with Gasteiger partial charge in [-0.3, -0.25) is 9.59 Å². The Morgan fingerprint density at radius 3 is 2.64 bits per heavy atom. The number of halogens is 1. The first-order chi connectivity index (χ1) is 13.2. The molecule has 0 aliphatic carbocycles. The lowest BCUT2D eigenvalue weighted by Crippen LogP contribution is -2.47. The van der Waals surface area contributed by atoms with Gasteiger partial charge in [0.15, 0.2) is 6.61 Å². The highest BCUT2D eigenvalue weighted by molar-refractivity contribution is 7.92. The second-order valence-electron chi connectivity index (χ2n) is 6.44. The molecule has 1 aliphatic heterocycles. The highest BCUT2D eigenvalue weighted by Crippen LogP contribution is 2.23. The van der Waals surface area contributed by atoms with E-state index in [2.05, 4.69) is 16.6 Å². The molecule has 10 heteroatoms. The second kappa shape index (κ2) is 9.90. The Kier molecular flexibility index (Phi) is 7.85. The molecule has 2 N–H and O–H groups in total. The standard InChI is InChI=1S/C18H24ClN3O5S/c1-3-28(25,26)21-16-6-8-22(9-7-16)18(24)12-27-17-5-4-15(19)10-14(17)11-20-13(2)23/h3-5,10,16,21H,1,6-9,11-12H2,2H3,(H,20,23). The van der Waals surface area contributed by atoms with Gasteiger partial charge >= 0.3 is 0 Å². The van der Waals surface area contributed by atoms with E-state index in [9.17, 15) is 18.0 Å². The van der Waals surface area contributed by atoms with Crippen LogP contribution < -0.4 is 14.8 Å². The SMILES string of the molecule is C=CS(=O)(=O)NC1CCN(C(=O)COc2ccc(Cl)cc2CNC(C)=O)CC1. The maximum Gasteiger partial charge on any atom is 0.260 e. The summed E-state index contributed by atoms with van der Waals surface area (Å²) < 4.78 is 31.2. The number of carbonyl (C=O) groups excluding carboxylic acids is 2. The van der Waals surface area contributed by atoms with Crippen LogP contribution in [0.15, 0.2) is 30.2 Å². The fraction of sp³-hybridized carbons (Fsp3) is 0.444. The molecule has 1 heterocycles. The molecule has 0 aromatic heterocycles. The maximum absolute atomic E-state index is 12.4. The van der Waals surface area contributed by atoms with Crippen molar-refractivity contribution in [1.82, 2.24) is 14.9 Å². The Hall–Kier alpha value is -2.10. The van der Waals surface area contributed by atoms with E-state index in [0.29, 0.717) is 42.3 Å². The van der Waals surface area contributed by atoms with E-state index in [-0.39, 0.29) is 31.0 Å². The quantitative estimate of drug-likeness (QED) is 0.650. The highest BCUT2D eigenvalue weighted by Gasteiger charge is 2.25. The summed E-state index contributed by atoms with van der Waals surface area (Å²) >= 11 is 5.99. The summed E-state index contributed by atoms with van der Waals surface area (Å²) in [7, 11) is -3.48. The number of amides is 2. The lowest BCUT2D eigenvalue weighted by atomic mass is 10.1. The zero-order valence-corrected chi connectivity index (χ0v) is 17.2. The third-order valence-electron chi connectivity index (χ3n) is 4.30. The van der Waals surface area contributed by atoms with E-state index >= 15 is 0 Å². The molecule has 0 atom stereocenters. The van der Waals surface area contributed by atoms with Crippen LogP contribution in [0, 0.1) is 0 Å². The number of nitrogens with one attached hydrogen (secondary N) is 2. The van der Waals surface area contributed by atoms with Gasteiger partial charge in [0.05, 0.1) is 0 Å². The monoisotopic (exact) mass is 429 g/mol. The summed E-state index contributed by atoms with van der Waals surface area (Å²) in [6.45, 7) is 5.64. The first-order valence-electron chi connectivity index (χ1n) is 8.78. The van der Waals surface area contributed by atoms with Gasteiger partial charge in [0.25, 0.3) is 5.91 Å². The first kappa shape index (κ1) is 22.2. The molecule has 0 spiro atoms. The van der Waals surface area contributed by atoms with Crippen LogP contribution in [0.4, 0.5) is 0 Å². The molecule has 1 saturated heterocycles. The number of carbonyl (C=O) groups is 2. The van der Waals surface area contributed by atoms with Gasteiger partial charge in [-0.15, -0.1) is 0 Å². The number of benzene rings is 1. The van der Waals surface area contributed by atoms with Crippen molar-refractivity contribution in [3.05, 3.63) is 40.8 Å². The van der Waals surface area contributed by atoms with E-state index < -0.39 is 10.0 Å². The highest BCUT2D eigenvalue weighted by atomic mass is 35.5. The van der Waals surface area contributed by atoms with Crippen molar-refractivity contribution in [1.29, 1.82) is 0 Å². The summed E-state index contributed by atoms with van der Waals surface area (Å²) in [5.74, 6) is 0.0996. The van der Waals surface area contributed by atoms with Gasteiger partial charge in [0.2, 0.25) is 15.9 Å². The molecule has 0 radical (unpaired) electrons. The smallest absolute Gasteiger partial charge is 0.260 e. The van der Waals surface area contributed by atoms with Crippen LogP contribution in [0.25, 0.3) is 0 Å². The van der Waals surface area contributed by atoms with E-state index in [1.807, 2.05) is 0 Å². The van der Waals surface area contributed by atoms with Crippen LogP contribution in [-0.4, -0.2) is 50.9 Å². The Morgan fingerprint density at radius 2 is 2.04 bits per heavy atom. The van der Waals surface area contributed by atoms with E-state index in [0.717, 1.165) is 5.41 Å². The second-order valence-corrected chi connectivity index (χ2v) is 8.53. The maximum atomic E-state index is 12.4. The summed E-state index contributed by atoms with van der Waals surface area (Å²) in [5.41, 5.74) is 0.674. The molecule has 1 aromatic carbocycles. The van der Waals surface area contributed by atoms with Gasteiger partial charge in [-0.2, -0.15) is 0 Å². The van der Waals surface area contributed by atoms with Gasteiger partial charge < -0.3 is 15.0 Å². The van der Waals surface area contributed by atoms with Gasteiger partial charge in [0, 0.05) is 48.6 Å². The number of rotatable bonds is 8. The van der Waals surface area contributed by atoms with E-state index in [1.54, 1.807) is 23.1 Å². The van der Waals surface area contributed by atoms with Crippen LogP contribution in [-0.2, 0) is 26.2 Å². The van der Waals surface area contributed by atoms with Crippen LogP contribution in [0.2, 0.25) is 5.02 Å². The molecule has 1 aromatic rings. The van der Waals surface area contributed by atoms with Gasteiger partial charge in [0.1, 0.15) is 5.75 Å². The minimum Gasteiger partial charge on any atom is -0.483 e. The van der Waals surface area contributed by atoms with Crippen molar-refractivity contribution in [3.63, 3.8) is 0 Å². The molecule has 0 saturated carbocycles. The predicted molar refractivity (Wildman–Crippen MR) is 106 cm³/mol. The number of likely N-dealkylation sites (tertiary alicyclic amines) is 1. The molecule has 1 aliphatic rings. The first-order valence-corrected chi connectivity index (χ1v) is 10.7. The molecular formula is C18H24ClN3O5S. The molecular weight excluding hydrogens is 406 g/mol. The molecule has 2 amide bonds. The van der Waals surface area contributed by atoms with Gasteiger partial charge in [-0.1, -0.05) is 18.2 Å². The van der Waals surface area contributed by atoms with Gasteiger partial charge in [-0.25, -0.2) is 13.1 Å². The molecule has 0 unspecified atom stereocenters. The number of ether oxygens (including phenoxy) is 1. The summed E-state index contributed by atoms with van der Waals surface area (Å²) in [5, 5.41) is 4.05. The Bertz CT molecular complexity index is 836. The fourth-order valence-corrected chi connectivity index (χ4v) is 3.80. The van der Waals surface area contributed by atoms with Crippen LogP contribution in [0.5, 0.6) is 5.75 Å². The average molecular weight is 430 g/mol. The minimum atomic E-state index is -3.48. The molecule has 0 bridgehead atoms. The average Bonchev–Trinajstić information content (AvgIpc) is 2.65. The minimum absolute atomic E-state index is 0.155. The number of piperidine rings is 1. The number of hydrogen-bond donors (Lipinski definition) is 2. The van der Waals surface area contributed by atoms with E-state index in [4.69, 9.17) is 16.3 Å². The van der Waals surface area contributed by atoms with Crippen molar-refractivity contribution < 1.29 is 22.7 Å². The summed E-state index contributed by atoms with van der Waals surface area (Å²) in [6, 6.07) is 4.77. The van der Waals surface area contributed by atoms with Crippen molar-refractivity contribution in [2.24, 2.45) is 0 Å². The Labute approximate surface area is 169 Å². The molecule has 28 heavy (non-hydrogen) atoms. The van der Waals surface area contributed by atoms with E-state index in [1.165, 1.54) is 6.92 Å².